The van der Waals surface area contributed by atoms with Crippen LogP contribution in [0.4, 0.5) is 0 Å². The molecule has 14 atom stereocenters. The van der Waals surface area contributed by atoms with E-state index in [0.717, 1.165) is 6.92 Å². The highest BCUT2D eigenvalue weighted by Crippen LogP contribution is 2.70. The largest absolute Gasteiger partial charge is 0.472 e. The van der Waals surface area contributed by atoms with Crippen LogP contribution < -0.4 is 0 Å². The lowest BCUT2D eigenvalue weighted by molar-refractivity contribution is -0.328. The number of carbonyl (C=O) groups excluding carboxylic acids is 5. The number of rotatable bonds is 13. The average Bonchev–Trinajstić information content (AvgIpc) is 3.83. The van der Waals surface area contributed by atoms with Crippen molar-refractivity contribution < 1.29 is 76.9 Å². The Labute approximate surface area is 326 Å². The van der Waals surface area contributed by atoms with Gasteiger partial charge in [-0.2, -0.15) is 0 Å². The van der Waals surface area contributed by atoms with Crippen LogP contribution in [0.15, 0.2) is 35.2 Å². The quantitative estimate of drug-likeness (QED) is 0.113. The molecule has 16 heteroatoms. The number of methoxy groups -OCH3 is 1. The highest BCUT2D eigenvalue weighted by molar-refractivity contribution is 5.75. The molecule has 0 radical (unpaired) electrons. The summed E-state index contributed by atoms with van der Waals surface area (Å²) in [5.41, 5.74) is -6.89. The van der Waals surface area contributed by atoms with Gasteiger partial charge in [0, 0.05) is 30.1 Å². The molecule has 5 rings (SSSR count). The van der Waals surface area contributed by atoms with Gasteiger partial charge >= 0.3 is 23.9 Å². The predicted octanol–water partition coefficient (Wildman–Crippen LogP) is 3.09. The molecule has 2 aliphatic heterocycles. The van der Waals surface area contributed by atoms with Crippen LogP contribution in [0, 0.1) is 34.5 Å². The number of aliphatic hydroxyl groups excluding tert-OH is 1. The Hall–Kier alpha value is -3.83. The molecule has 4 aliphatic rings. The lowest BCUT2D eigenvalue weighted by atomic mass is 9.46. The second-order valence-electron chi connectivity index (χ2n) is 16.8. The minimum atomic E-state index is -2.33. The maximum absolute atomic E-state index is 14.1. The van der Waals surface area contributed by atoms with E-state index in [9.17, 15) is 39.3 Å². The SMILES string of the molecule is C=C1C([C@@]2(C)[C@@H](OC(C)=O)C[C@]3(O)OC[C@@](C)(O3)[C@@H]2CC(=O)OC)[C@@H](OC=O)[C@H](OC(=O)[C@H](O)[C@H](C)CC)[C@@]2(C)[C@H](c3ccoc3)C[C@@H](OC(=O)C(C)C)[C@]12O. The Balaban J connectivity index is 1.87. The summed E-state index contributed by atoms with van der Waals surface area (Å²) in [5.74, 6) is -10.2. The molecule has 312 valence electrons. The van der Waals surface area contributed by atoms with Gasteiger partial charge in [-0.1, -0.05) is 54.5 Å². The summed E-state index contributed by atoms with van der Waals surface area (Å²) in [6.07, 6.45) is -5.47. The zero-order chi connectivity index (χ0) is 41.8. The molecule has 1 unspecified atom stereocenters. The van der Waals surface area contributed by atoms with Crippen molar-refractivity contribution in [3.8, 4) is 0 Å². The first-order chi connectivity index (χ1) is 26.1. The van der Waals surface area contributed by atoms with Crippen LogP contribution in [0.1, 0.15) is 92.6 Å². The van der Waals surface area contributed by atoms with Crippen molar-refractivity contribution >= 4 is 30.3 Å². The number of aliphatic hydroxyl groups is 3. The number of hydrogen-bond acceptors (Lipinski definition) is 16. The second kappa shape index (κ2) is 15.5. The Morgan fingerprint density at radius 2 is 1.73 bits per heavy atom. The third-order valence-corrected chi connectivity index (χ3v) is 13.3. The van der Waals surface area contributed by atoms with Crippen molar-refractivity contribution in [2.45, 2.75) is 135 Å². The highest BCUT2D eigenvalue weighted by Gasteiger charge is 2.79. The first-order valence-electron chi connectivity index (χ1n) is 19.0. The van der Waals surface area contributed by atoms with Crippen LogP contribution in [0.3, 0.4) is 0 Å². The van der Waals surface area contributed by atoms with Crippen LogP contribution in [0.25, 0.3) is 0 Å². The smallest absolute Gasteiger partial charge is 0.335 e. The van der Waals surface area contributed by atoms with Gasteiger partial charge in [-0.3, -0.25) is 19.2 Å². The standard InChI is InChI=1S/C40H56O16/c1-11-21(4)31(44)35(46)55-33-32(51-19-41)30(22(5)40(48)27(54-34(45)20(2)3)14-25(38(33,40)9)24-12-13-50-17-24)37(8)26(15-29(43)49-10)36(7)18-52-39(47,56-36)16-28(37)53-23(6)42/h12-13,17,19-21,25-28,30-33,44,47-48H,5,11,14-16,18H2,1-4,6-10H3/t21-,25+,26+,27-,28+,30?,31-,32-,33+,36-,37-,38-,39+,40-/m1/s1. The fourth-order valence-corrected chi connectivity index (χ4v) is 10.1. The summed E-state index contributed by atoms with van der Waals surface area (Å²) >= 11 is 0. The Morgan fingerprint density at radius 3 is 2.29 bits per heavy atom. The minimum Gasteiger partial charge on any atom is -0.472 e. The summed E-state index contributed by atoms with van der Waals surface area (Å²) in [4.78, 5) is 66.6. The topological polar surface area (TPSA) is 224 Å². The summed E-state index contributed by atoms with van der Waals surface area (Å²) in [7, 11) is 1.18. The van der Waals surface area contributed by atoms with Gasteiger partial charge in [0.05, 0.1) is 56.0 Å². The molecule has 2 bridgehead atoms. The molecular formula is C40H56O16. The van der Waals surface area contributed by atoms with Gasteiger partial charge in [0.15, 0.2) is 6.10 Å². The average molecular weight is 793 g/mol. The molecule has 0 aromatic carbocycles. The molecule has 4 fully saturated rings. The van der Waals surface area contributed by atoms with Gasteiger partial charge in [0.25, 0.3) is 12.4 Å². The van der Waals surface area contributed by atoms with Gasteiger partial charge in [-0.25, -0.2) is 4.79 Å². The maximum Gasteiger partial charge on any atom is 0.335 e. The maximum atomic E-state index is 14.1. The fraction of sp³-hybridized carbons (Fsp3) is 0.725. The molecule has 2 aliphatic carbocycles. The van der Waals surface area contributed by atoms with E-state index in [4.69, 9.17) is 37.6 Å². The number of fused-ring (bicyclic) bond motifs is 3. The molecule has 1 aromatic heterocycles. The van der Waals surface area contributed by atoms with Gasteiger partial charge in [-0.15, -0.1) is 0 Å². The third kappa shape index (κ3) is 6.84. The first kappa shape index (κ1) is 43.3. The highest BCUT2D eigenvalue weighted by atomic mass is 16.9. The van der Waals surface area contributed by atoms with Crippen molar-refractivity contribution in [1.82, 2.24) is 0 Å². The number of hydrogen-bond donors (Lipinski definition) is 3. The van der Waals surface area contributed by atoms with E-state index < -0.39 is 125 Å². The molecule has 16 nitrogen and oxygen atoms in total. The van der Waals surface area contributed by atoms with Crippen LogP contribution in [-0.4, -0.2) is 107 Å². The molecule has 0 amide bonds. The normalized spacial score (nSPS) is 40.2. The molecule has 2 saturated heterocycles. The van der Waals surface area contributed by atoms with E-state index in [2.05, 4.69) is 6.58 Å². The summed E-state index contributed by atoms with van der Waals surface area (Å²) < 4.78 is 46.9. The molecule has 3 N–H and O–H groups in total. The van der Waals surface area contributed by atoms with Crippen molar-refractivity contribution in [3.05, 3.63) is 36.3 Å². The molecule has 3 heterocycles. The van der Waals surface area contributed by atoms with Crippen LogP contribution in [-0.2, 0) is 57.1 Å². The van der Waals surface area contributed by atoms with E-state index in [0.29, 0.717) is 12.0 Å². The number of furan rings is 1. The summed E-state index contributed by atoms with van der Waals surface area (Å²) in [6, 6.07) is 1.64. The molecule has 56 heavy (non-hydrogen) atoms. The molecular weight excluding hydrogens is 736 g/mol. The minimum absolute atomic E-state index is 0.0589. The monoisotopic (exact) mass is 792 g/mol. The van der Waals surface area contributed by atoms with Gasteiger partial charge < -0.3 is 52.9 Å². The van der Waals surface area contributed by atoms with E-state index in [1.54, 1.807) is 54.5 Å². The van der Waals surface area contributed by atoms with Crippen LogP contribution in [0.5, 0.6) is 0 Å². The zero-order valence-corrected chi connectivity index (χ0v) is 33.5. The van der Waals surface area contributed by atoms with Crippen LogP contribution >= 0.6 is 0 Å². The van der Waals surface area contributed by atoms with E-state index >= 15 is 0 Å². The van der Waals surface area contributed by atoms with Crippen LogP contribution in [0.2, 0.25) is 0 Å². The van der Waals surface area contributed by atoms with Gasteiger partial charge in [-0.05, 0) is 36.5 Å². The number of carbonyl (C=O) groups is 5. The Morgan fingerprint density at radius 1 is 1.05 bits per heavy atom. The Bertz CT molecular complexity index is 1680. The first-order valence-corrected chi connectivity index (χ1v) is 19.0. The molecule has 2 saturated carbocycles. The lowest BCUT2D eigenvalue weighted by Crippen LogP contribution is -2.72. The molecule has 0 spiro atoms. The van der Waals surface area contributed by atoms with E-state index in [1.165, 1.54) is 19.6 Å². The third-order valence-electron chi connectivity index (χ3n) is 13.3. The van der Waals surface area contributed by atoms with Crippen molar-refractivity contribution in [3.63, 3.8) is 0 Å². The summed E-state index contributed by atoms with van der Waals surface area (Å²) in [5, 5.41) is 36.5. The second-order valence-corrected chi connectivity index (χ2v) is 16.8. The number of esters is 4. The van der Waals surface area contributed by atoms with Crippen molar-refractivity contribution in [2.75, 3.05) is 13.7 Å². The lowest BCUT2D eigenvalue weighted by Gasteiger charge is -2.62. The van der Waals surface area contributed by atoms with E-state index in [1.807, 2.05) is 0 Å². The predicted molar refractivity (Wildman–Crippen MR) is 192 cm³/mol. The summed E-state index contributed by atoms with van der Waals surface area (Å²) in [6.45, 7) is 16.9. The number of ether oxygens (including phenoxy) is 7. The van der Waals surface area contributed by atoms with E-state index in [-0.39, 0.29) is 25.1 Å². The zero-order valence-electron chi connectivity index (χ0n) is 33.5. The fourth-order valence-electron chi connectivity index (χ4n) is 10.1. The van der Waals surface area contributed by atoms with Crippen molar-refractivity contribution in [1.29, 1.82) is 0 Å². The van der Waals surface area contributed by atoms with Gasteiger partial charge in [0.1, 0.15) is 30.0 Å². The van der Waals surface area contributed by atoms with Crippen molar-refractivity contribution in [2.24, 2.45) is 34.5 Å². The van der Waals surface area contributed by atoms with Gasteiger partial charge in [0.2, 0.25) is 0 Å². The Kier molecular flexibility index (Phi) is 12.0. The molecule has 1 aromatic rings.